The Morgan fingerprint density at radius 2 is 0.795 bits per heavy atom. The van der Waals surface area contributed by atoms with E-state index < -0.39 is 0 Å². The lowest BCUT2D eigenvalue weighted by molar-refractivity contribution is 0.660. The number of benzene rings is 11. The molecular weight excluding hydrogens is 887 g/mol. The van der Waals surface area contributed by atoms with E-state index in [0.29, 0.717) is 0 Å². The maximum atomic E-state index is 6.35. The van der Waals surface area contributed by atoms with Crippen LogP contribution in [-0.4, -0.2) is 9.13 Å². The molecule has 4 nitrogen and oxygen atoms in total. The molecule has 0 saturated heterocycles. The fraction of sp³-hybridized carbons (Fsp3) is 0.0435. The van der Waals surface area contributed by atoms with Gasteiger partial charge in [0.25, 0.3) is 0 Å². The number of hydrogen-bond acceptors (Lipinski definition) is 2. The van der Waals surface area contributed by atoms with E-state index in [-0.39, 0.29) is 5.41 Å². The SMILES string of the molecule is CC1(C)c2cc(-c3ccc4c(c3)c3ccccc3n4-c3ccccc3)ccc2-c2ccc(N(c3ccc(-c4ccc5c6ccccc6n(-c6ccccc6)c5c4)cc3)c3ccc4oc5ccccc5c4c3)cc21. The molecule has 0 atom stereocenters. The molecule has 15 rings (SSSR count). The summed E-state index contributed by atoms with van der Waals surface area (Å²) in [6, 6.07) is 91.0. The molecule has 4 heteroatoms. The van der Waals surface area contributed by atoms with E-state index in [0.717, 1.165) is 50.3 Å². The Morgan fingerprint density at radius 3 is 1.53 bits per heavy atom. The van der Waals surface area contributed by atoms with Crippen LogP contribution in [0.25, 0.3) is 110 Å². The van der Waals surface area contributed by atoms with Gasteiger partial charge in [0, 0.05) is 66.2 Å². The predicted molar refractivity (Wildman–Crippen MR) is 306 cm³/mol. The van der Waals surface area contributed by atoms with E-state index >= 15 is 0 Å². The number of furan rings is 1. The first-order chi connectivity index (χ1) is 35.9. The number of rotatable bonds is 7. The number of para-hydroxylation sites is 5. The minimum absolute atomic E-state index is 0.259. The molecule has 1 aliphatic carbocycles. The third kappa shape index (κ3) is 6.33. The highest BCUT2D eigenvalue weighted by atomic mass is 16.3. The summed E-state index contributed by atoms with van der Waals surface area (Å²) in [5, 5.41) is 7.22. The summed E-state index contributed by atoms with van der Waals surface area (Å²) in [5.74, 6) is 0. The number of fused-ring (bicyclic) bond motifs is 12. The van der Waals surface area contributed by atoms with Crippen LogP contribution < -0.4 is 4.90 Å². The average molecular weight is 934 g/mol. The zero-order valence-corrected chi connectivity index (χ0v) is 40.4. The Labute approximate surface area is 422 Å². The molecule has 0 fully saturated rings. The standard InChI is InChI=1S/C69H47N3O/c1-69(2)61-40-46(45-29-37-65-59(39-45)56-20-10-13-23-64(56)71(65)48-15-5-3-6-16-48)27-34-53(61)54-36-32-52(43-62(54)69)70(51-33-38-68-60(42-51)58-21-11-14-24-67(58)73-68)50-30-25-44(26-31-50)47-28-35-57-55-19-9-12-22-63(55)72(66(57)41-47)49-17-7-4-8-18-49/h3-43H,1-2H3. The lowest BCUT2D eigenvalue weighted by atomic mass is 9.81. The molecule has 0 amide bonds. The topological polar surface area (TPSA) is 26.2 Å². The van der Waals surface area contributed by atoms with Crippen molar-refractivity contribution in [2.75, 3.05) is 4.90 Å². The van der Waals surface area contributed by atoms with Gasteiger partial charge < -0.3 is 18.5 Å². The van der Waals surface area contributed by atoms with E-state index in [1.54, 1.807) is 0 Å². The second kappa shape index (κ2) is 15.8. The zero-order valence-electron chi connectivity index (χ0n) is 40.4. The average Bonchev–Trinajstić information content (AvgIpc) is 4.16. The van der Waals surface area contributed by atoms with Crippen molar-refractivity contribution < 1.29 is 4.42 Å². The van der Waals surface area contributed by atoms with Crippen molar-refractivity contribution in [2.24, 2.45) is 0 Å². The maximum absolute atomic E-state index is 6.35. The molecule has 0 spiro atoms. The van der Waals surface area contributed by atoms with Crippen molar-refractivity contribution in [1.82, 2.24) is 9.13 Å². The summed E-state index contributed by atoms with van der Waals surface area (Å²) in [6.45, 7) is 4.78. The highest BCUT2D eigenvalue weighted by Crippen LogP contribution is 2.52. The van der Waals surface area contributed by atoms with Crippen LogP contribution in [0.5, 0.6) is 0 Å². The summed E-state index contributed by atoms with van der Waals surface area (Å²) in [7, 11) is 0. The van der Waals surface area contributed by atoms with Crippen molar-refractivity contribution in [2.45, 2.75) is 19.3 Å². The maximum Gasteiger partial charge on any atom is 0.135 e. The number of hydrogen-bond donors (Lipinski definition) is 0. The van der Waals surface area contributed by atoms with Crippen molar-refractivity contribution in [3.63, 3.8) is 0 Å². The van der Waals surface area contributed by atoms with Gasteiger partial charge in [0.05, 0.1) is 22.1 Å². The Balaban J connectivity index is 0.829. The van der Waals surface area contributed by atoms with E-state index in [1.807, 2.05) is 6.07 Å². The van der Waals surface area contributed by atoms with Crippen LogP contribution in [0.2, 0.25) is 0 Å². The summed E-state index contributed by atoms with van der Waals surface area (Å²) in [4.78, 5) is 2.41. The summed E-state index contributed by atoms with van der Waals surface area (Å²) >= 11 is 0. The van der Waals surface area contributed by atoms with Gasteiger partial charge >= 0.3 is 0 Å². The zero-order chi connectivity index (χ0) is 48.4. The third-order valence-electron chi connectivity index (χ3n) is 15.7. The molecule has 0 saturated carbocycles. The molecule has 0 N–H and O–H groups in total. The molecule has 73 heavy (non-hydrogen) atoms. The highest BCUT2D eigenvalue weighted by Gasteiger charge is 2.36. The molecule has 14 aromatic rings. The van der Waals surface area contributed by atoms with Gasteiger partial charge in [-0.2, -0.15) is 0 Å². The van der Waals surface area contributed by atoms with E-state index in [1.165, 1.54) is 88.2 Å². The largest absolute Gasteiger partial charge is 0.456 e. The van der Waals surface area contributed by atoms with Gasteiger partial charge in [0.2, 0.25) is 0 Å². The van der Waals surface area contributed by atoms with Crippen LogP contribution in [0.3, 0.4) is 0 Å². The van der Waals surface area contributed by atoms with Gasteiger partial charge in [0.15, 0.2) is 0 Å². The van der Waals surface area contributed by atoms with E-state index in [2.05, 4.69) is 271 Å². The molecule has 0 aliphatic heterocycles. The molecule has 3 aromatic heterocycles. The first-order valence-corrected chi connectivity index (χ1v) is 25.2. The van der Waals surface area contributed by atoms with Crippen LogP contribution in [-0.2, 0) is 5.41 Å². The van der Waals surface area contributed by atoms with Crippen molar-refractivity contribution >= 4 is 82.6 Å². The van der Waals surface area contributed by atoms with Gasteiger partial charge in [0.1, 0.15) is 11.2 Å². The summed E-state index contributed by atoms with van der Waals surface area (Å²) < 4.78 is 11.1. The van der Waals surface area contributed by atoms with Gasteiger partial charge in [-0.25, -0.2) is 0 Å². The van der Waals surface area contributed by atoms with Crippen molar-refractivity contribution in [3.05, 3.63) is 260 Å². The molecule has 3 heterocycles. The lowest BCUT2D eigenvalue weighted by Gasteiger charge is -2.28. The molecule has 344 valence electrons. The fourth-order valence-corrected chi connectivity index (χ4v) is 12.2. The Kier molecular flexibility index (Phi) is 8.97. The van der Waals surface area contributed by atoms with Crippen LogP contribution >= 0.6 is 0 Å². The van der Waals surface area contributed by atoms with Crippen LogP contribution in [0.15, 0.2) is 253 Å². The number of anilines is 3. The summed E-state index contributed by atoms with van der Waals surface area (Å²) in [5.41, 5.74) is 21.9. The fourth-order valence-electron chi connectivity index (χ4n) is 12.2. The van der Waals surface area contributed by atoms with Crippen LogP contribution in [0.1, 0.15) is 25.0 Å². The summed E-state index contributed by atoms with van der Waals surface area (Å²) in [6.07, 6.45) is 0. The minimum Gasteiger partial charge on any atom is -0.456 e. The lowest BCUT2D eigenvalue weighted by Crippen LogP contribution is -2.16. The second-order valence-electron chi connectivity index (χ2n) is 20.1. The quantitative estimate of drug-likeness (QED) is 0.159. The van der Waals surface area contributed by atoms with E-state index in [4.69, 9.17) is 4.42 Å². The van der Waals surface area contributed by atoms with Gasteiger partial charge in [-0.3, -0.25) is 0 Å². The number of aromatic nitrogens is 2. The highest BCUT2D eigenvalue weighted by molar-refractivity contribution is 6.12. The Hall–Kier alpha value is -9.38. The smallest absolute Gasteiger partial charge is 0.135 e. The molecule has 1 aliphatic rings. The first kappa shape index (κ1) is 41.4. The molecule has 0 bridgehead atoms. The van der Waals surface area contributed by atoms with Crippen LogP contribution in [0, 0.1) is 0 Å². The van der Waals surface area contributed by atoms with Crippen molar-refractivity contribution in [3.8, 4) is 44.8 Å². The van der Waals surface area contributed by atoms with Gasteiger partial charge in [-0.05, 0) is 154 Å². The molecule has 0 radical (unpaired) electrons. The third-order valence-corrected chi connectivity index (χ3v) is 15.7. The first-order valence-electron chi connectivity index (χ1n) is 25.2. The van der Waals surface area contributed by atoms with Crippen LogP contribution in [0.4, 0.5) is 17.1 Å². The van der Waals surface area contributed by atoms with Gasteiger partial charge in [-0.1, -0.05) is 153 Å². The Bertz CT molecular complexity index is 4520. The molecular formula is C69H47N3O. The monoisotopic (exact) mass is 933 g/mol. The van der Waals surface area contributed by atoms with Crippen molar-refractivity contribution in [1.29, 1.82) is 0 Å². The Morgan fingerprint density at radius 1 is 0.315 bits per heavy atom. The second-order valence-corrected chi connectivity index (χ2v) is 20.1. The normalized spacial score (nSPS) is 12.9. The minimum atomic E-state index is -0.259. The van der Waals surface area contributed by atoms with E-state index in [9.17, 15) is 0 Å². The number of nitrogens with zero attached hydrogens (tertiary/aromatic N) is 3. The molecule has 0 unspecified atom stereocenters. The molecule has 11 aromatic carbocycles. The predicted octanol–water partition coefficient (Wildman–Crippen LogP) is 18.9. The van der Waals surface area contributed by atoms with Gasteiger partial charge in [-0.15, -0.1) is 0 Å².